The number of likely N-dealkylation sites (N-methyl/N-ethyl adjacent to an activating group) is 1. The zero-order valence-corrected chi connectivity index (χ0v) is 11.7. The second kappa shape index (κ2) is 5.61. The van der Waals surface area contributed by atoms with E-state index in [0.29, 0.717) is 0 Å². The molecule has 0 fully saturated rings. The van der Waals surface area contributed by atoms with Crippen LogP contribution in [0.25, 0.3) is 0 Å². The van der Waals surface area contributed by atoms with Crippen LogP contribution in [0.15, 0.2) is 24.5 Å². The Morgan fingerprint density at radius 3 is 2.18 bits per heavy atom. The van der Waals surface area contributed by atoms with Gasteiger partial charge in [-0.05, 0) is 38.6 Å². The Bertz CT molecular complexity index is 331. The zero-order valence-electron chi connectivity index (χ0n) is 11.7. The smallest absolute Gasteiger partial charge is 0.0270 e. The highest BCUT2D eigenvalue weighted by atomic mass is 15.0. The normalized spacial score (nSPS) is 12.8. The molecule has 0 aromatic carbocycles. The fourth-order valence-electron chi connectivity index (χ4n) is 1.68. The first kappa shape index (κ1) is 14.1. The van der Waals surface area contributed by atoms with E-state index < -0.39 is 0 Å². The van der Waals surface area contributed by atoms with Crippen LogP contribution in [-0.4, -0.2) is 30.7 Å². The lowest BCUT2D eigenvalue weighted by Crippen LogP contribution is -2.48. The van der Waals surface area contributed by atoms with Crippen molar-refractivity contribution in [3.05, 3.63) is 30.1 Å². The molecule has 0 bridgehead atoms. The summed E-state index contributed by atoms with van der Waals surface area (Å²) in [6.07, 6.45) is 3.71. The van der Waals surface area contributed by atoms with E-state index in [4.69, 9.17) is 0 Å². The Balaban J connectivity index is 2.51. The van der Waals surface area contributed by atoms with Gasteiger partial charge >= 0.3 is 0 Å². The van der Waals surface area contributed by atoms with E-state index in [-0.39, 0.29) is 11.0 Å². The average molecular weight is 235 g/mol. The van der Waals surface area contributed by atoms with Crippen molar-refractivity contribution >= 4 is 0 Å². The van der Waals surface area contributed by atoms with Gasteiger partial charge in [-0.15, -0.1) is 0 Å². The highest BCUT2D eigenvalue weighted by molar-refractivity contribution is 5.20. The van der Waals surface area contributed by atoms with Crippen molar-refractivity contribution in [2.75, 3.05) is 20.1 Å². The van der Waals surface area contributed by atoms with Gasteiger partial charge in [0, 0.05) is 36.4 Å². The Hall–Kier alpha value is -0.930. The molecule has 2 N–H and O–H groups in total. The lowest BCUT2D eigenvalue weighted by molar-refractivity contribution is 0.367. The molecule has 0 aliphatic rings. The van der Waals surface area contributed by atoms with Crippen LogP contribution < -0.4 is 10.6 Å². The van der Waals surface area contributed by atoms with Gasteiger partial charge in [-0.1, -0.05) is 13.8 Å². The Labute approximate surface area is 105 Å². The minimum atomic E-state index is 0.132. The van der Waals surface area contributed by atoms with Gasteiger partial charge in [0.15, 0.2) is 0 Å². The molecule has 0 amide bonds. The highest BCUT2D eigenvalue weighted by Gasteiger charge is 2.21. The number of hydrogen-bond donors (Lipinski definition) is 2. The number of hydrogen-bond acceptors (Lipinski definition) is 3. The quantitative estimate of drug-likeness (QED) is 0.791. The molecule has 1 aromatic heterocycles. The van der Waals surface area contributed by atoms with Crippen LogP contribution in [0.4, 0.5) is 0 Å². The molecule has 1 rings (SSSR count). The Morgan fingerprint density at radius 1 is 1.06 bits per heavy atom. The number of nitrogens with zero attached hydrogens (tertiary/aromatic N) is 1. The summed E-state index contributed by atoms with van der Waals surface area (Å²) in [5.41, 5.74) is 1.59. The molecule has 17 heavy (non-hydrogen) atoms. The molecule has 0 unspecified atom stereocenters. The largest absolute Gasteiger partial charge is 0.314 e. The van der Waals surface area contributed by atoms with Crippen molar-refractivity contribution < 1.29 is 0 Å². The third-order valence-corrected chi connectivity index (χ3v) is 3.27. The number of aromatic nitrogens is 1. The summed E-state index contributed by atoms with van der Waals surface area (Å²) in [7, 11) is 2.00. The third-order valence-electron chi connectivity index (χ3n) is 3.27. The van der Waals surface area contributed by atoms with Crippen LogP contribution in [0.1, 0.15) is 33.3 Å². The number of pyridine rings is 1. The van der Waals surface area contributed by atoms with Crippen LogP contribution in [0.5, 0.6) is 0 Å². The maximum absolute atomic E-state index is 4.06. The van der Waals surface area contributed by atoms with E-state index in [9.17, 15) is 0 Å². The summed E-state index contributed by atoms with van der Waals surface area (Å²) >= 11 is 0. The van der Waals surface area contributed by atoms with E-state index in [0.717, 1.165) is 13.1 Å². The van der Waals surface area contributed by atoms with Gasteiger partial charge < -0.3 is 10.6 Å². The van der Waals surface area contributed by atoms with Crippen molar-refractivity contribution in [1.29, 1.82) is 0 Å². The minimum Gasteiger partial charge on any atom is -0.314 e. The van der Waals surface area contributed by atoms with Crippen LogP contribution in [0.3, 0.4) is 0 Å². The van der Waals surface area contributed by atoms with Crippen molar-refractivity contribution in [2.45, 2.75) is 38.6 Å². The molecule has 3 nitrogen and oxygen atoms in total. The van der Waals surface area contributed by atoms with Gasteiger partial charge in [0.2, 0.25) is 0 Å². The van der Waals surface area contributed by atoms with Crippen molar-refractivity contribution in [1.82, 2.24) is 15.6 Å². The summed E-state index contributed by atoms with van der Waals surface area (Å²) in [5.74, 6) is 0. The maximum Gasteiger partial charge on any atom is 0.0270 e. The van der Waals surface area contributed by atoms with Crippen molar-refractivity contribution in [2.24, 2.45) is 0 Å². The van der Waals surface area contributed by atoms with Crippen LogP contribution >= 0.6 is 0 Å². The molecule has 0 atom stereocenters. The summed E-state index contributed by atoms with van der Waals surface area (Å²) in [6.45, 7) is 10.8. The highest BCUT2D eigenvalue weighted by Crippen LogP contribution is 2.21. The Kier molecular flexibility index (Phi) is 4.66. The van der Waals surface area contributed by atoms with Crippen molar-refractivity contribution in [3.63, 3.8) is 0 Å². The lowest BCUT2D eigenvalue weighted by atomic mass is 9.85. The van der Waals surface area contributed by atoms with Gasteiger partial charge in [0.05, 0.1) is 0 Å². The van der Waals surface area contributed by atoms with Gasteiger partial charge in [0.25, 0.3) is 0 Å². The summed E-state index contributed by atoms with van der Waals surface area (Å²) in [5, 5.41) is 6.83. The summed E-state index contributed by atoms with van der Waals surface area (Å²) < 4.78 is 0. The molecule has 3 heteroatoms. The standard InChI is InChI=1S/C14H25N3/c1-13(2,12-6-8-16-9-7-12)10-17-11-14(3,4)15-5/h6-9,15,17H,10-11H2,1-5H3. The fraction of sp³-hybridized carbons (Fsp3) is 0.643. The zero-order chi connectivity index (χ0) is 12.9. The van der Waals surface area contributed by atoms with E-state index in [2.05, 4.69) is 55.4 Å². The molecule has 0 aliphatic carbocycles. The molecular formula is C14H25N3. The van der Waals surface area contributed by atoms with E-state index >= 15 is 0 Å². The van der Waals surface area contributed by atoms with Crippen LogP contribution in [-0.2, 0) is 5.41 Å². The summed E-state index contributed by atoms with van der Waals surface area (Å²) in [4.78, 5) is 4.06. The predicted octanol–water partition coefficient (Wildman–Crippen LogP) is 1.95. The molecule has 0 spiro atoms. The second-order valence-corrected chi connectivity index (χ2v) is 5.86. The van der Waals surface area contributed by atoms with E-state index in [1.54, 1.807) is 0 Å². The average Bonchev–Trinajstić information content (AvgIpc) is 2.30. The summed E-state index contributed by atoms with van der Waals surface area (Å²) in [6, 6.07) is 4.18. The predicted molar refractivity (Wildman–Crippen MR) is 73.3 cm³/mol. The topological polar surface area (TPSA) is 37.0 Å². The molecule has 0 radical (unpaired) electrons. The van der Waals surface area contributed by atoms with Crippen LogP contribution in [0, 0.1) is 0 Å². The first-order valence-corrected chi connectivity index (χ1v) is 6.17. The maximum atomic E-state index is 4.06. The van der Waals surface area contributed by atoms with Gasteiger partial charge in [0.1, 0.15) is 0 Å². The fourth-order valence-corrected chi connectivity index (χ4v) is 1.68. The first-order valence-electron chi connectivity index (χ1n) is 6.17. The minimum absolute atomic E-state index is 0.132. The molecule has 1 heterocycles. The Morgan fingerprint density at radius 2 is 1.65 bits per heavy atom. The van der Waals surface area contributed by atoms with Crippen LogP contribution in [0.2, 0.25) is 0 Å². The van der Waals surface area contributed by atoms with Gasteiger partial charge in [-0.25, -0.2) is 0 Å². The molecular weight excluding hydrogens is 210 g/mol. The second-order valence-electron chi connectivity index (χ2n) is 5.86. The van der Waals surface area contributed by atoms with Crippen molar-refractivity contribution in [3.8, 4) is 0 Å². The monoisotopic (exact) mass is 235 g/mol. The lowest BCUT2D eigenvalue weighted by Gasteiger charge is -2.30. The molecule has 0 saturated heterocycles. The van der Waals surface area contributed by atoms with E-state index in [1.165, 1.54) is 5.56 Å². The SMILES string of the molecule is CNC(C)(C)CNCC(C)(C)c1ccncc1. The molecule has 96 valence electrons. The number of rotatable bonds is 6. The molecule has 1 aromatic rings. The molecule has 0 saturated carbocycles. The van der Waals surface area contributed by atoms with Gasteiger partial charge in [-0.2, -0.15) is 0 Å². The molecule has 0 aliphatic heterocycles. The van der Waals surface area contributed by atoms with E-state index in [1.807, 2.05) is 19.4 Å². The first-order chi connectivity index (χ1) is 7.87. The third kappa shape index (κ3) is 4.44. The number of nitrogens with one attached hydrogen (secondary N) is 2. The van der Waals surface area contributed by atoms with Gasteiger partial charge in [-0.3, -0.25) is 4.98 Å².